The summed E-state index contributed by atoms with van der Waals surface area (Å²) in [6, 6.07) is 3.03. The van der Waals surface area contributed by atoms with Gasteiger partial charge >= 0.3 is 0 Å². The van der Waals surface area contributed by atoms with Gasteiger partial charge in [0.05, 0.1) is 0 Å². The van der Waals surface area contributed by atoms with Gasteiger partial charge in [0, 0.05) is 12.1 Å². The van der Waals surface area contributed by atoms with Crippen LogP contribution in [0.2, 0.25) is 0 Å². The Morgan fingerprint density at radius 3 is 2.83 bits per heavy atom. The molecule has 4 rings (SSSR count). The lowest BCUT2D eigenvalue weighted by Gasteiger charge is -2.26. The van der Waals surface area contributed by atoms with E-state index in [1.165, 1.54) is 12.3 Å². The second-order valence-corrected chi connectivity index (χ2v) is 6.34. The topological polar surface area (TPSA) is 101 Å². The zero-order valence-electron chi connectivity index (χ0n) is 12.7. The Morgan fingerprint density at radius 2 is 2.13 bits per heavy atom. The molecule has 2 aromatic rings. The first kappa shape index (κ1) is 14.2. The quantitative estimate of drug-likeness (QED) is 0.897. The number of aromatic hydroxyl groups is 1. The molecule has 1 amide bonds. The van der Waals surface area contributed by atoms with Crippen molar-refractivity contribution < 1.29 is 14.4 Å². The minimum atomic E-state index is -0.627. The molecule has 23 heavy (non-hydrogen) atoms. The van der Waals surface area contributed by atoms with E-state index < -0.39 is 11.4 Å². The number of rotatable bonds is 4. The van der Waals surface area contributed by atoms with Gasteiger partial charge in [0.2, 0.25) is 5.89 Å². The average molecular weight is 314 g/mol. The van der Waals surface area contributed by atoms with E-state index in [1.807, 2.05) is 0 Å². The van der Waals surface area contributed by atoms with E-state index in [9.17, 15) is 9.90 Å². The number of pyridine rings is 1. The highest BCUT2D eigenvalue weighted by Gasteiger charge is 2.43. The Hall–Kier alpha value is -2.44. The molecular weight excluding hydrogens is 296 g/mol. The molecule has 2 aromatic heterocycles. The predicted octanol–water partition coefficient (Wildman–Crippen LogP) is 2.25. The van der Waals surface area contributed by atoms with E-state index in [4.69, 9.17) is 4.52 Å². The van der Waals surface area contributed by atoms with Gasteiger partial charge in [-0.25, -0.2) is 4.98 Å². The van der Waals surface area contributed by atoms with Crippen LogP contribution in [0.25, 0.3) is 0 Å². The third kappa shape index (κ3) is 2.56. The summed E-state index contributed by atoms with van der Waals surface area (Å²) in [5.74, 6) is 1.04. The van der Waals surface area contributed by atoms with Crippen molar-refractivity contribution in [3.05, 3.63) is 35.7 Å². The highest BCUT2D eigenvalue weighted by Crippen LogP contribution is 2.42. The maximum atomic E-state index is 12.5. The number of hydrogen-bond acceptors (Lipinski definition) is 6. The minimum absolute atomic E-state index is 0.0182. The highest BCUT2D eigenvalue weighted by atomic mass is 16.5. The van der Waals surface area contributed by atoms with Crippen LogP contribution in [0, 0.1) is 0 Å². The van der Waals surface area contributed by atoms with E-state index in [2.05, 4.69) is 20.4 Å². The van der Waals surface area contributed by atoms with Gasteiger partial charge in [-0.3, -0.25) is 4.79 Å². The largest absolute Gasteiger partial charge is 0.505 e. The molecule has 120 valence electrons. The molecule has 2 saturated carbocycles. The second kappa shape index (κ2) is 5.33. The molecule has 0 atom stereocenters. The Labute approximate surface area is 133 Å². The lowest BCUT2D eigenvalue weighted by molar-refractivity contribution is 0.0883. The summed E-state index contributed by atoms with van der Waals surface area (Å²) in [6.07, 6.45) is 7.15. The Kier molecular flexibility index (Phi) is 3.28. The van der Waals surface area contributed by atoms with Crippen molar-refractivity contribution in [2.45, 2.75) is 50.0 Å². The maximum absolute atomic E-state index is 12.5. The fraction of sp³-hybridized carbons (Fsp3) is 0.500. The molecule has 0 radical (unpaired) electrons. The van der Waals surface area contributed by atoms with Crippen molar-refractivity contribution in [1.82, 2.24) is 20.4 Å². The number of carbonyl (C=O) groups is 1. The summed E-state index contributed by atoms with van der Waals surface area (Å²) in [5, 5.41) is 16.9. The van der Waals surface area contributed by atoms with Gasteiger partial charge < -0.3 is 14.9 Å². The molecule has 7 nitrogen and oxygen atoms in total. The summed E-state index contributed by atoms with van der Waals surface area (Å²) >= 11 is 0. The van der Waals surface area contributed by atoms with Gasteiger partial charge in [-0.2, -0.15) is 4.98 Å². The number of nitrogens with zero attached hydrogens (tertiary/aromatic N) is 3. The van der Waals surface area contributed by atoms with Gasteiger partial charge in [-0.05, 0) is 37.8 Å². The molecule has 2 aliphatic carbocycles. The van der Waals surface area contributed by atoms with Crippen molar-refractivity contribution in [2.75, 3.05) is 0 Å². The van der Waals surface area contributed by atoms with Crippen LogP contribution in [-0.4, -0.2) is 26.1 Å². The smallest absolute Gasteiger partial charge is 0.274 e. The number of carbonyl (C=O) groups excluding carboxylic acids is 1. The van der Waals surface area contributed by atoms with Gasteiger partial charge in [-0.1, -0.05) is 18.0 Å². The van der Waals surface area contributed by atoms with Crippen LogP contribution >= 0.6 is 0 Å². The first-order valence-electron chi connectivity index (χ1n) is 7.98. The maximum Gasteiger partial charge on any atom is 0.274 e. The lowest BCUT2D eigenvalue weighted by Crippen LogP contribution is -2.45. The van der Waals surface area contributed by atoms with Gasteiger partial charge in [0.1, 0.15) is 11.3 Å². The molecule has 0 aliphatic heterocycles. The zero-order valence-corrected chi connectivity index (χ0v) is 12.7. The van der Waals surface area contributed by atoms with E-state index in [-0.39, 0.29) is 11.4 Å². The summed E-state index contributed by atoms with van der Waals surface area (Å²) in [4.78, 5) is 21.0. The fourth-order valence-electron chi connectivity index (χ4n) is 3.16. The average Bonchev–Trinajstić information content (AvgIpc) is 3.09. The summed E-state index contributed by atoms with van der Waals surface area (Å²) in [7, 11) is 0. The first-order chi connectivity index (χ1) is 11.2. The van der Waals surface area contributed by atoms with Crippen molar-refractivity contribution in [2.24, 2.45) is 0 Å². The molecule has 2 fully saturated rings. The number of aromatic nitrogens is 3. The van der Waals surface area contributed by atoms with Gasteiger partial charge in [0.15, 0.2) is 11.5 Å². The predicted molar refractivity (Wildman–Crippen MR) is 79.8 cm³/mol. The van der Waals surface area contributed by atoms with Crippen LogP contribution in [-0.2, 0) is 5.54 Å². The zero-order chi connectivity index (χ0) is 15.9. The van der Waals surface area contributed by atoms with Crippen LogP contribution < -0.4 is 5.32 Å². The first-order valence-corrected chi connectivity index (χ1v) is 7.98. The number of hydrogen-bond donors (Lipinski definition) is 2. The Bertz CT molecular complexity index is 732. The molecule has 0 spiro atoms. The number of nitrogens with one attached hydrogen (secondary N) is 1. The van der Waals surface area contributed by atoms with Crippen LogP contribution in [0.4, 0.5) is 0 Å². The van der Waals surface area contributed by atoms with Crippen LogP contribution in [0.5, 0.6) is 5.75 Å². The summed E-state index contributed by atoms with van der Waals surface area (Å²) in [5.41, 5.74) is -0.609. The molecule has 0 aromatic carbocycles. The minimum Gasteiger partial charge on any atom is -0.505 e. The third-order valence-electron chi connectivity index (χ3n) is 4.61. The molecule has 2 heterocycles. The van der Waals surface area contributed by atoms with E-state index in [0.29, 0.717) is 17.6 Å². The van der Waals surface area contributed by atoms with E-state index >= 15 is 0 Å². The van der Waals surface area contributed by atoms with Crippen LogP contribution in [0.3, 0.4) is 0 Å². The van der Waals surface area contributed by atoms with Crippen LogP contribution in [0.1, 0.15) is 66.6 Å². The van der Waals surface area contributed by atoms with Crippen LogP contribution in [0.15, 0.2) is 22.9 Å². The molecule has 7 heteroatoms. The normalized spacial score (nSPS) is 19.7. The third-order valence-corrected chi connectivity index (χ3v) is 4.61. The van der Waals surface area contributed by atoms with Gasteiger partial charge in [0.25, 0.3) is 5.91 Å². The monoisotopic (exact) mass is 314 g/mol. The molecule has 0 saturated heterocycles. The lowest BCUT2D eigenvalue weighted by atomic mass is 9.96. The van der Waals surface area contributed by atoms with Crippen molar-refractivity contribution >= 4 is 5.91 Å². The van der Waals surface area contributed by atoms with Crippen molar-refractivity contribution in [3.8, 4) is 5.75 Å². The number of amides is 1. The Balaban J connectivity index is 1.62. The van der Waals surface area contributed by atoms with Crippen molar-refractivity contribution in [1.29, 1.82) is 0 Å². The van der Waals surface area contributed by atoms with Gasteiger partial charge in [-0.15, -0.1) is 0 Å². The Morgan fingerprint density at radius 1 is 1.35 bits per heavy atom. The molecule has 2 N–H and O–H groups in total. The molecule has 2 aliphatic rings. The standard InChI is InChI=1S/C16H18N4O3/c21-11-4-3-9-17-12(11)13(22)19-16(7-1-2-8-16)15-18-14(23-20-15)10-5-6-10/h3-4,9-10,21H,1-2,5-8H2,(H,19,22). The second-order valence-electron chi connectivity index (χ2n) is 6.34. The van der Waals surface area contributed by atoms with E-state index in [1.54, 1.807) is 6.07 Å². The van der Waals surface area contributed by atoms with Crippen molar-refractivity contribution in [3.63, 3.8) is 0 Å². The molecular formula is C16H18N4O3. The highest BCUT2D eigenvalue weighted by molar-refractivity contribution is 5.95. The SMILES string of the molecule is O=C(NC1(c2noc(C3CC3)n2)CCCC1)c1ncccc1O. The summed E-state index contributed by atoms with van der Waals surface area (Å²) < 4.78 is 5.36. The molecule has 0 unspecified atom stereocenters. The molecule has 0 bridgehead atoms. The summed E-state index contributed by atoms with van der Waals surface area (Å²) in [6.45, 7) is 0. The fourth-order valence-corrected chi connectivity index (χ4v) is 3.16. The van der Waals surface area contributed by atoms with E-state index in [0.717, 1.165) is 38.5 Å².